The molecule has 0 heterocycles. The van der Waals surface area contributed by atoms with Crippen LogP contribution >= 0.6 is 7.26 Å². The predicted molar refractivity (Wildman–Crippen MR) is 183 cm³/mol. The fourth-order valence-electron chi connectivity index (χ4n) is 6.28. The van der Waals surface area contributed by atoms with Crippen molar-refractivity contribution in [1.29, 1.82) is 0 Å². The highest BCUT2D eigenvalue weighted by atomic mass is 127. The van der Waals surface area contributed by atoms with E-state index in [2.05, 4.69) is 27.4 Å². The van der Waals surface area contributed by atoms with Gasteiger partial charge in [0.15, 0.2) is 0 Å². The maximum atomic E-state index is 2.78. The van der Waals surface area contributed by atoms with Crippen molar-refractivity contribution in [3.05, 3.63) is 0 Å². The minimum atomic E-state index is -0.691. The molecule has 0 saturated carbocycles. The van der Waals surface area contributed by atoms with Gasteiger partial charge in [-0.05, 0) is 38.5 Å². The lowest BCUT2D eigenvalue weighted by Crippen LogP contribution is -3.00. The van der Waals surface area contributed by atoms with Gasteiger partial charge >= 0.3 is 0 Å². The summed E-state index contributed by atoms with van der Waals surface area (Å²) >= 11 is 0. The van der Waals surface area contributed by atoms with E-state index in [9.17, 15) is 0 Å². The SMILES string of the molecule is CCCCCCCCCCCC[P+](C)(CCCCCCCCCCCC)CCCCCCCCCCCC.[I-]. The lowest BCUT2D eigenvalue weighted by Gasteiger charge is -2.24. The largest absolute Gasteiger partial charge is 1.00 e. The Bertz CT molecular complexity index is 364. The van der Waals surface area contributed by atoms with Crippen molar-refractivity contribution < 1.29 is 24.0 Å². The maximum Gasteiger partial charge on any atom is 0.0591 e. The Morgan fingerprint density at radius 2 is 0.410 bits per heavy atom. The third-order valence-corrected chi connectivity index (χ3v) is 13.3. The number of rotatable bonds is 33. The molecular formula is C37H78IP. The van der Waals surface area contributed by atoms with Gasteiger partial charge < -0.3 is 24.0 Å². The third-order valence-electron chi connectivity index (χ3n) is 9.15. The van der Waals surface area contributed by atoms with Crippen LogP contribution in [0, 0.1) is 0 Å². The second kappa shape index (κ2) is 35.4. The lowest BCUT2D eigenvalue weighted by atomic mass is 10.1. The molecule has 0 atom stereocenters. The summed E-state index contributed by atoms with van der Waals surface area (Å²) in [6.07, 6.45) is 49.2. The monoisotopic (exact) mass is 680 g/mol. The summed E-state index contributed by atoms with van der Waals surface area (Å²) in [5.41, 5.74) is 0. The zero-order valence-corrected chi connectivity index (χ0v) is 31.2. The molecule has 0 radical (unpaired) electrons. The first kappa shape index (κ1) is 42.3. The van der Waals surface area contributed by atoms with Gasteiger partial charge in [-0.15, -0.1) is 0 Å². The Morgan fingerprint density at radius 3 is 0.590 bits per heavy atom. The molecule has 0 aromatic rings. The second-order valence-corrected chi connectivity index (χ2v) is 17.9. The van der Waals surface area contributed by atoms with Crippen LogP contribution in [0.5, 0.6) is 0 Å². The summed E-state index contributed by atoms with van der Waals surface area (Å²) < 4.78 is 0. The van der Waals surface area contributed by atoms with Gasteiger partial charge in [0.2, 0.25) is 0 Å². The summed E-state index contributed by atoms with van der Waals surface area (Å²) in [7, 11) is -0.691. The Kier molecular flexibility index (Phi) is 38.3. The molecular weight excluding hydrogens is 602 g/mol. The van der Waals surface area contributed by atoms with Crippen LogP contribution in [0.4, 0.5) is 0 Å². The zero-order valence-electron chi connectivity index (χ0n) is 28.2. The Labute approximate surface area is 268 Å². The summed E-state index contributed by atoms with van der Waals surface area (Å²) in [6.45, 7) is 9.75. The van der Waals surface area contributed by atoms with Crippen LogP contribution in [-0.2, 0) is 0 Å². The van der Waals surface area contributed by atoms with Crippen LogP contribution in [0.1, 0.15) is 213 Å². The normalized spacial score (nSPS) is 11.7. The lowest BCUT2D eigenvalue weighted by molar-refractivity contribution is -0.00000867. The molecule has 0 N–H and O–H groups in total. The molecule has 0 saturated heterocycles. The first-order valence-electron chi connectivity index (χ1n) is 18.5. The summed E-state index contributed by atoms with van der Waals surface area (Å²) in [5, 5.41) is 0. The van der Waals surface area contributed by atoms with Crippen LogP contribution in [-0.4, -0.2) is 25.2 Å². The molecule has 0 fully saturated rings. The molecule has 0 aliphatic rings. The van der Waals surface area contributed by atoms with Gasteiger partial charge in [0.25, 0.3) is 0 Å². The minimum Gasteiger partial charge on any atom is -1.00 e. The summed E-state index contributed by atoms with van der Waals surface area (Å²) in [4.78, 5) is 0. The van der Waals surface area contributed by atoms with E-state index in [-0.39, 0.29) is 24.0 Å². The van der Waals surface area contributed by atoms with Crippen LogP contribution in [0.2, 0.25) is 0 Å². The summed E-state index contributed by atoms with van der Waals surface area (Å²) in [6, 6.07) is 0. The first-order valence-corrected chi connectivity index (χ1v) is 21.3. The van der Waals surface area contributed by atoms with Gasteiger partial charge in [0, 0.05) is 13.9 Å². The smallest absolute Gasteiger partial charge is 0.0591 e. The predicted octanol–water partition coefficient (Wildman–Crippen LogP) is 11.4. The molecule has 0 aromatic carbocycles. The van der Waals surface area contributed by atoms with Crippen LogP contribution in [0.15, 0.2) is 0 Å². The topological polar surface area (TPSA) is 0 Å². The van der Waals surface area contributed by atoms with Crippen molar-refractivity contribution >= 4 is 7.26 Å². The van der Waals surface area contributed by atoms with Crippen molar-refractivity contribution in [2.75, 3.05) is 25.2 Å². The van der Waals surface area contributed by atoms with Gasteiger partial charge in [-0.25, -0.2) is 0 Å². The molecule has 0 amide bonds. The van der Waals surface area contributed by atoms with Crippen molar-refractivity contribution in [2.45, 2.75) is 213 Å². The van der Waals surface area contributed by atoms with E-state index in [1.54, 1.807) is 18.5 Å². The molecule has 0 aliphatic heterocycles. The van der Waals surface area contributed by atoms with Crippen molar-refractivity contribution in [2.24, 2.45) is 0 Å². The number of halogens is 1. The highest BCUT2D eigenvalue weighted by molar-refractivity contribution is 7.75. The molecule has 0 unspecified atom stereocenters. The van der Waals surface area contributed by atoms with Crippen LogP contribution < -0.4 is 24.0 Å². The maximum absolute atomic E-state index is 2.78. The average Bonchev–Trinajstić information content (AvgIpc) is 2.92. The van der Waals surface area contributed by atoms with Gasteiger partial charge in [-0.1, -0.05) is 175 Å². The third kappa shape index (κ3) is 33.5. The fraction of sp³-hybridized carbons (Fsp3) is 1.00. The molecule has 238 valence electrons. The van der Waals surface area contributed by atoms with Crippen LogP contribution in [0.3, 0.4) is 0 Å². The minimum absolute atomic E-state index is 0. The molecule has 0 bridgehead atoms. The first-order chi connectivity index (χ1) is 18.7. The fourth-order valence-corrected chi connectivity index (χ4v) is 9.91. The van der Waals surface area contributed by atoms with Gasteiger partial charge in [-0.2, -0.15) is 0 Å². The van der Waals surface area contributed by atoms with Crippen molar-refractivity contribution in [3.8, 4) is 0 Å². The van der Waals surface area contributed by atoms with E-state index in [1.165, 1.54) is 193 Å². The van der Waals surface area contributed by atoms with Crippen LogP contribution in [0.25, 0.3) is 0 Å². The van der Waals surface area contributed by atoms with E-state index >= 15 is 0 Å². The highest BCUT2D eigenvalue weighted by Gasteiger charge is 2.29. The number of hydrogen-bond acceptors (Lipinski definition) is 0. The molecule has 0 nitrogen and oxygen atoms in total. The zero-order chi connectivity index (χ0) is 27.8. The summed E-state index contributed by atoms with van der Waals surface area (Å²) in [5.74, 6) is 0. The molecule has 0 aromatic heterocycles. The molecule has 0 spiro atoms. The molecule has 0 rings (SSSR count). The average molecular weight is 681 g/mol. The Hall–Kier alpha value is 1.16. The highest BCUT2D eigenvalue weighted by Crippen LogP contribution is 2.57. The van der Waals surface area contributed by atoms with Crippen molar-refractivity contribution in [3.63, 3.8) is 0 Å². The van der Waals surface area contributed by atoms with Crippen molar-refractivity contribution in [1.82, 2.24) is 0 Å². The van der Waals surface area contributed by atoms with E-state index in [0.717, 1.165) is 0 Å². The Morgan fingerprint density at radius 1 is 0.256 bits per heavy atom. The van der Waals surface area contributed by atoms with Gasteiger partial charge in [0.1, 0.15) is 0 Å². The van der Waals surface area contributed by atoms with E-state index in [0.29, 0.717) is 0 Å². The number of unbranched alkanes of at least 4 members (excludes halogenated alkanes) is 27. The van der Waals surface area contributed by atoms with E-state index in [4.69, 9.17) is 0 Å². The Balaban J connectivity index is 0. The number of hydrogen-bond donors (Lipinski definition) is 0. The second-order valence-electron chi connectivity index (χ2n) is 13.3. The molecule has 39 heavy (non-hydrogen) atoms. The van der Waals surface area contributed by atoms with E-state index < -0.39 is 7.26 Å². The quantitative estimate of drug-likeness (QED) is 0.0368. The molecule has 0 aliphatic carbocycles. The molecule has 2 heteroatoms. The van der Waals surface area contributed by atoms with Gasteiger partial charge in [-0.3, -0.25) is 0 Å². The van der Waals surface area contributed by atoms with E-state index in [1.807, 2.05) is 0 Å². The van der Waals surface area contributed by atoms with Gasteiger partial charge in [0.05, 0.1) is 18.5 Å². The standard InChI is InChI=1S/C37H78P.HI/c1-5-8-11-14-17-20-23-26-29-32-35-38(4,36-33-30-27-24-21-18-15-12-9-6-2)37-34-31-28-25-22-19-16-13-10-7-3;/h5-37H2,1-4H3;1H/q+1;/p-1.